The number of carbonyl (C=O) groups is 1. The van der Waals surface area contributed by atoms with Crippen molar-refractivity contribution < 1.29 is 9.53 Å². The average molecular weight is 567 g/mol. The Morgan fingerprint density at radius 3 is 2.88 bits per heavy atom. The Morgan fingerprint density at radius 1 is 1.19 bits per heavy atom. The van der Waals surface area contributed by atoms with Crippen LogP contribution in [0, 0.1) is 6.92 Å². The fraction of sp³-hybridized carbons (Fsp3) is 0.375. The Morgan fingerprint density at radius 2 is 2.05 bits per heavy atom. The number of hydrogen-bond donors (Lipinski definition) is 2. The molecule has 1 aliphatic heterocycles. The Labute approximate surface area is 245 Å². The molecule has 218 valence electrons. The molecule has 1 aromatic carbocycles. The van der Waals surface area contributed by atoms with Gasteiger partial charge in [-0.15, -0.1) is 0 Å². The molecule has 10 nitrogen and oxygen atoms in total. The molecule has 0 spiro atoms. The SMILES string of the molecule is Cc1nn(Cc2cccc(C(C)C)n2)c2cccc(NC(=O)c3cnc4cc(OCCN5CCN[C@@H](C)C5)ccn34)c12. The number of carbonyl (C=O) groups excluding carboxylic acids is 1. The quantitative estimate of drug-likeness (QED) is 0.271. The van der Waals surface area contributed by atoms with Crippen LogP contribution in [0.25, 0.3) is 16.6 Å². The van der Waals surface area contributed by atoms with Gasteiger partial charge in [-0.3, -0.25) is 23.8 Å². The van der Waals surface area contributed by atoms with Crippen LogP contribution in [0.15, 0.2) is 60.9 Å². The van der Waals surface area contributed by atoms with Gasteiger partial charge in [0.2, 0.25) is 0 Å². The summed E-state index contributed by atoms with van der Waals surface area (Å²) in [4.78, 5) is 25.1. The van der Waals surface area contributed by atoms with Crippen molar-refractivity contribution in [1.29, 1.82) is 0 Å². The molecule has 42 heavy (non-hydrogen) atoms. The number of benzene rings is 1. The second-order valence-electron chi connectivity index (χ2n) is 11.3. The second-order valence-corrected chi connectivity index (χ2v) is 11.3. The highest BCUT2D eigenvalue weighted by molar-refractivity contribution is 6.08. The van der Waals surface area contributed by atoms with Crippen LogP contribution in [0.3, 0.4) is 0 Å². The first-order valence-electron chi connectivity index (χ1n) is 14.6. The van der Waals surface area contributed by atoms with Crippen molar-refractivity contribution in [3.8, 4) is 5.75 Å². The lowest BCUT2D eigenvalue weighted by molar-refractivity contribution is 0.102. The van der Waals surface area contributed by atoms with Crippen molar-refractivity contribution in [3.05, 3.63) is 83.7 Å². The normalized spacial score (nSPS) is 16.0. The summed E-state index contributed by atoms with van der Waals surface area (Å²) in [6, 6.07) is 16.2. The number of rotatable bonds is 9. The van der Waals surface area contributed by atoms with Crippen LogP contribution in [0.4, 0.5) is 5.69 Å². The number of fused-ring (bicyclic) bond motifs is 2. The molecule has 6 rings (SSSR count). The first-order chi connectivity index (χ1) is 20.4. The number of piperazine rings is 1. The van der Waals surface area contributed by atoms with Crippen LogP contribution in [0.1, 0.15) is 54.3 Å². The molecule has 10 heteroatoms. The zero-order valence-corrected chi connectivity index (χ0v) is 24.7. The maximum Gasteiger partial charge on any atom is 0.274 e. The number of pyridine rings is 2. The van der Waals surface area contributed by atoms with E-state index in [4.69, 9.17) is 14.8 Å². The van der Waals surface area contributed by atoms with Gasteiger partial charge >= 0.3 is 0 Å². The number of aromatic nitrogens is 5. The summed E-state index contributed by atoms with van der Waals surface area (Å²) in [5, 5.41) is 12.3. The van der Waals surface area contributed by atoms with Gasteiger partial charge in [0.1, 0.15) is 23.7 Å². The molecule has 2 N–H and O–H groups in total. The van der Waals surface area contributed by atoms with E-state index < -0.39 is 0 Å². The van der Waals surface area contributed by atoms with Crippen molar-refractivity contribution in [2.24, 2.45) is 0 Å². The number of ether oxygens (including phenoxy) is 1. The molecule has 0 aliphatic carbocycles. The molecule has 5 aromatic rings. The van der Waals surface area contributed by atoms with Gasteiger partial charge in [0.25, 0.3) is 5.91 Å². The fourth-order valence-electron chi connectivity index (χ4n) is 5.62. The smallest absolute Gasteiger partial charge is 0.274 e. The van der Waals surface area contributed by atoms with E-state index in [0.29, 0.717) is 42.1 Å². The second kappa shape index (κ2) is 11.9. The minimum absolute atomic E-state index is 0.241. The van der Waals surface area contributed by atoms with Gasteiger partial charge in [0.05, 0.1) is 35.3 Å². The van der Waals surface area contributed by atoms with Gasteiger partial charge in [-0.05, 0) is 50.1 Å². The number of amides is 1. The Hall–Kier alpha value is -4.28. The summed E-state index contributed by atoms with van der Waals surface area (Å²) in [5.74, 6) is 0.854. The molecule has 1 atom stereocenters. The third kappa shape index (κ3) is 5.86. The number of nitrogens with zero attached hydrogens (tertiary/aromatic N) is 6. The number of aryl methyl sites for hydroxylation is 1. The summed E-state index contributed by atoms with van der Waals surface area (Å²) >= 11 is 0. The summed E-state index contributed by atoms with van der Waals surface area (Å²) in [7, 11) is 0. The van der Waals surface area contributed by atoms with E-state index >= 15 is 0 Å². The molecule has 1 fully saturated rings. The van der Waals surface area contributed by atoms with Gasteiger partial charge in [0, 0.05) is 55.6 Å². The first-order valence-corrected chi connectivity index (χ1v) is 14.6. The predicted octanol–water partition coefficient (Wildman–Crippen LogP) is 4.48. The van der Waals surface area contributed by atoms with Gasteiger partial charge in [0.15, 0.2) is 0 Å². The monoisotopic (exact) mass is 566 g/mol. The molecule has 1 amide bonds. The largest absolute Gasteiger partial charge is 0.492 e. The summed E-state index contributed by atoms with van der Waals surface area (Å²) in [6.07, 6.45) is 3.43. The average Bonchev–Trinajstić information content (AvgIpc) is 3.54. The number of hydrogen-bond acceptors (Lipinski definition) is 7. The van der Waals surface area contributed by atoms with Crippen LogP contribution >= 0.6 is 0 Å². The lowest BCUT2D eigenvalue weighted by Gasteiger charge is -2.31. The summed E-state index contributed by atoms with van der Waals surface area (Å²) in [6.45, 7) is 13.5. The highest BCUT2D eigenvalue weighted by atomic mass is 16.5. The minimum Gasteiger partial charge on any atom is -0.492 e. The highest BCUT2D eigenvalue weighted by Crippen LogP contribution is 2.28. The fourth-order valence-corrected chi connectivity index (χ4v) is 5.62. The van der Waals surface area contributed by atoms with Gasteiger partial charge < -0.3 is 15.4 Å². The van der Waals surface area contributed by atoms with Crippen molar-refractivity contribution >= 4 is 28.1 Å². The van der Waals surface area contributed by atoms with Crippen molar-refractivity contribution in [2.45, 2.75) is 46.2 Å². The molecule has 0 unspecified atom stereocenters. The molecule has 1 aliphatic rings. The molecular formula is C32H38N8O2. The maximum absolute atomic E-state index is 13.5. The number of imidazole rings is 1. The summed E-state index contributed by atoms with van der Waals surface area (Å²) < 4.78 is 9.74. The minimum atomic E-state index is -0.241. The Balaban J connectivity index is 1.16. The third-order valence-electron chi connectivity index (χ3n) is 7.78. The topological polar surface area (TPSA) is 102 Å². The van der Waals surface area contributed by atoms with Gasteiger partial charge in [-0.25, -0.2) is 4.98 Å². The zero-order valence-electron chi connectivity index (χ0n) is 24.7. The predicted molar refractivity (Wildman–Crippen MR) is 164 cm³/mol. The van der Waals surface area contributed by atoms with E-state index in [1.165, 1.54) is 0 Å². The first kappa shape index (κ1) is 27.9. The third-order valence-corrected chi connectivity index (χ3v) is 7.78. The van der Waals surface area contributed by atoms with Crippen LogP contribution in [0.2, 0.25) is 0 Å². The van der Waals surface area contributed by atoms with E-state index in [-0.39, 0.29) is 5.91 Å². The van der Waals surface area contributed by atoms with Crippen LogP contribution in [-0.2, 0) is 6.54 Å². The number of nitrogens with one attached hydrogen (secondary N) is 2. The lowest BCUT2D eigenvalue weighted by Crippen LogP contribution is -2.50. The van der Waals surface area contributed by atoms with Crippen LogP contribution < -0.4 is 15.4 Å². The molecular weight excluding hydrogens is 528 g/mol. The summed E-state index contributed by atoms with van der Waals surface area (Å²) in [5.41, 5.74) is 5.61. The zero-order chi connectivity index (χ0) is 29.2. The molecule has 5 heterocycles. The van der Waals surface area contributed by atoms with Crippen molar-refractivity contribution in [2.75, 3.05) is 38.1 Å². The standard InChI is InChI=1S/C32H38N8O2/c1-21(2)26-8-5-7-24(35-26)20-40-28-10-6-9-27(31(28)23(4)37-40)36-32(41)29-18-34-30-17-25(11-13-39(29)30)42-16-15-38-14-12-33-22(3)19-38/h5-11,13,17-18,21-22,33H,12,14-16,19-20H2,1-4H3,(H,36,41)/t22-/m0/s1. The molecule has 0 radical (unpaired) electrons. The van der Waals surface area contributed by atoms with E-state index in [0.717, 1.165) is 59.9 Å². The van der Waals surface area contributed by atoms with Crippen molar-refractivity contribution in [3.63, 3.8) is 0 Å². The van der Waals surface area contributed by atoms with E-state index in [2.05, 4.69) is 47.4 Å². The van der Waals surface area contributed by atoms with E-state index in [9.17, 15) is 4.79 Å². The van der Waals surface area contributed by atoms with Crippen molar-refractivity contribution in [1.82, 2.24) is 34.4 Å². The lowest BCUT2D eigenvalue weighted by atomic mass is 10.1. The van der Waals surface area contributed by atoms with Crippen LogP contribution in [0.5, 0.6) is 5.75 Å². The highest BCUT2D eigenvalue weighted by Gasteiger charge is 2.18. The molecule has 1 saturated heterocycles. The van der Waals surface area contributed by atoms with E-state index in [1.807, 2.05) is 60.3 Å². The maximum atomic E-state index is 13.5. The van der Waals surface area contributed by atoms with Gasteiger partial charge in [-0.1, -0.05) is 26.0 Å². The molecule has 0 saturated carbocycles. The number of anilines is 1. The Bertz CT molecular complexity index is 1720. The van der Waals surface area contributed by atoms with E-state index in [1.54, 1.807) is 10.6 Å². The Kier molecular flexibility index (Phi) is 7.90. The van der Waals surface area contributed by atoms with Crippen LogP contribution in [-0.4, -0.2) is 73.8 Å². The molecule has 4 aromatic heterocycles. The van der Waals surface area contributed by atoms with Gasteiger partial charge in [-0.2, -0.15) is 5.10 Å². The molecule has 0 bridgehead atoms.